The Kier molecular flexibility index (Phi) is 9.28. The molecule has 0 bridgehead atoms. The highest BCUT2D eigenvalue weighted by Crippen LogP contribution is 2.36. The molecule has 0 unspecified atom stereocenters. The van der Waals surface area contributed by atoms with Crippen LogP contribution in [-0.4, -0.2) is 22.8 Å². The molecule has 228 valence electrons. The molecule has 4 amide bonds. The number of hydrogen-bond donors (Lipinski definition) is 4. The maximum atomic E-state index is 13.2. The summed E-state index contributed by atoms with van der Waals surface area (Å²) >= 11 is 5.58. The van der Waals surface area contributed by atoms with E-state index in [2.05, 4.69) is 15.6 Å². The van der Waals surface area contributed by atoms with Crippen molar-refractivity contribution in [2.75, 3.05) is 10.6 Å². The summed E-state index contributed by atoms with van der Waals surface area (Å²) in [5.74, 6) is -1.76. The quantitative estimate of drug-likeness (QED) is 0.131. The molecule has 0 saturated carbocycles. The fraction of sp³-hybridized carbons (Fsp3) is 0.0714. The Hall–Kier alpha value is -5.31. The number of benzene rings is 3. The molecule has 9 nitrogen and oxygen atoms in total. The minimum Gasteiger partial charge on any atom is -0.457 e. The van der Waals surface area contributed by atoms with Crippen LogP contribution in [-0.2, 0) is 12.4 Å². The molecule has 0 aliphatic carbocycles. The summed E-state index contributed by atoms with van der Waals surface area (Å²) in [6.45, 7) is 0. The van der Waals surface area contributed by atoms with E-state index < -0.39 is 51.9 Å². The third kappa shape index (κ3) is 8.16. The molecule has 0 spiro atoms. The van der Waals surface area contributed by atoms with E-state index in [4.69, 9.17) is 16.3 Å². The van der Waals surface area contributed by atoms with Crippen LogP contribution in [0.25, 0.3) is 0 Å². The first-order valence-corrected chi connectivity index (χ1v) is 12.5. The van der Waals surface area contributed by atoms with Gasteiger partial charge in [0.05, 0.1) is 21.7 Å². The normalized spacial score (nSPS) is 11.3. The number of carbonyl (C=O) groups is 3. The number of pyridine rings is 1. The van der Waals surface area contributed by atoms with E-state index >= 15 is 0 Å². The molecule has 1 heterocycles. The molecule has 0 saturated heterocycles. The number of ether oxygens (including phenoxy) is 1. The van der Waals surface area contributed by atoms with Crippen molar-refractivity contribution in [2.24, 2.45) is 0 Å². The molecular weight excluding hydrogens is 620 g/mol. The lowest BCUT2D eigenvalue weighted by Crippen LogP contribution is -2.42. The first-order chi connectivity index (χ1) is 20.7. The Labute approximate surface area is 249 Å². The SMILES string of the molecule is O=C(Nc1ccc(Oc2ccnc(C(=O)NNC(=O)c3ccccc3C(F)(F)F)c2)cc1)Nc1ccc(Cl)c(C(F)(F)F)c1. The lowest BCUT2D eigenvalue weighted by Gasteiger charge is -2.13. The lowest BCUT2D eigenvalue weighted by atomic mass is 10.1. The number of halogens is 7. The van der Waals surface area contributed by atoms with Gasteiger partial charge in [0.1, 0.15) is 17.2 Å². The van der Waals surface area contributed by atoms with E-state index in [0.717, 1.165) is 24.3 Å². The number of nitrogens with one attached hydrogen (secondary N) is 4. The van der Waals surface area contributed by atoms with Crippen LogP contribution in [0.4, 0.5) is 42.5 Å². The number of carbonyl (C=O) groups excluding carboxylic acids is 3. The van der Waals surface area contributed by atoms with Crippen molar-refractivity contribution < 1.29 is 45.5 Å². The molecule has 16 heteroatoms. The zero-order chi connectivity index (χ0) is 32.1. The predicted octanol–water partition coefficient (Wildman–Crippen LogP) is 7.28. The minimum absolute atomic E-state index is 0.126. The molecule has 1 aromatic heterocycles. The van der Waals surface area contributed by atoms with Crippen molar-refractivity contribution in [3.8, 4) is 11.5 Å². The van der Waals surface area contributed by atoms with Crippen LogP contribution < -0.4 is 26.2 Å². The molecule has 0 aliphatic rings. The first kappa shape index (κ1) is 31.6. The Morgan fingerprint density at radius 2 is 1.30 bits per heavy atom. The molecule has 44 heavy (non-hydrogen) atoms. The van der Waals surface area contributed by atoms with Gasteiger partial charge in [0.25, 0.3) is 11.8 Å². The van der Waals surface area contributed by atoms with Crippen molar-refractivity contribution in [3.63, 3.8) is 0 Å². The standard InChI is InChI=1S/C28H18ClF6N5O4/c29-22-10-7-16(13-21(22)28(33,34)35)38-26(43)37-15-5-8-17(9-6-15)44-18-11-12-36-23(14-18)25(42)40-39-24(41)19-3-1-2-4-20(19)27(30,31)32/h1-14H,(H,39,41)(H,40,42)(H2,37,38,43). The fourth-order valence-corrected chi connectivity index (χ4v) is 3.85. The Morgan fingerprint density at radius 1 is 0.682 bits per heavy atom. The van der Waals surface area contributed by atoms with Gasteiger partial charge in [0.2, 0.25) is 0 Å². The van der Waals surface area contributed by atoms with Crippen molar-refractivity contribution in [1.29, 1.82) is 0 Å². The second-order valence-corrected chi connectivity index (χ2v) is 9.13. The number of urea groups is 1. The largest absolute Gasteiger partial charge is 0.457 e. The van der Waals surface area contributed by atoms with Crippen LogP contribution in [0, 0.1) is 0 Å². The summed E-state index contributed by atoms with van der Waals surface area (Å²) < 4.78 is 84.3. The summed E-state index contributed by atoms with van der Waals surface area (Å²) in [5.41, 5.74) is 0.815. The summed E-state index contributed by atoms with van der Waals surface area (Å²) in [6.07, 6.45) is -8.28. The van der Waals surface area contributed by atoms with Crippen LogP contribution in [0.15, 0.2) is 85.1 Å². The average molecular weight is 638 g/mol. The van der Waals surface area contributed by atoms with Crippen molar-refractivity contribution in [1.82, 2.24) is 15.8 Å². The van der Waals surface area contributed by atoms with Crippen LogP contribution >= 0.6 is 11.6 Å². The third-order valence-electron chi connectivity index (χ3n) is 5.61. The molecular formula is C28H18ClF6N5O4. The second-order valence-electron chi connectivity index (χ2n) is 8.73. The zero-order valence-electron chi connectivity index (χ0n) is 21.8. The molecule has 4 aromatic rings. The van der Waals surface area contributed by atoms with Gasteiger partial charge < -0.3 is 15.4 Å². The van der Waals surface area contributed by atoms with Gasteiger partial charge >= 0.3 is 18.4 Å². The van der Waals surface area contributed by atoms with Crippen LogP contribution in [0.5, 0.6) is 11.5 Å². The Bertz CT molecular complexity index is 1700. The van der Waals surface area contributed by atoms with Crippen molar-refractivity contribution in [3.05, 3.63) is 112 Å². The summed E-state index contributed by atoms with van der Waals surface area (Å²) in [4.78, 5) is 40.8. The van der Waals surface area contributed by atoms with Crippen molar-refractivity contribution in [2.45, 2.75) is 12.4 Å². The highest BCUT2D eigenvalue weighted by molar-refractivity contribution is 6.31. The van der Waals surface area contributed by atoms with E-state index in [0.29, 0.717) is 6.07 Å². The van der Waals surface area contributed by atoms with Gasteiger partial charge in [0.15, 0.2) is 0 Å². The predicted molar refractivity (Wildman–Crippen MR) is 146 cm³/mol. The first-order valence-electron chi connectivity index (χ1n) is 12.2. The van der Waals surface area contributed by atoms with E-state index in [1.807, 2.05) is 10.9 Å². The summed E-state index contributed by atoms with van der Waals surface area (Å²) in [7, 11) is 0. The van der Waals surface area contributed by atoms with E-state index in [1.165, 1.54) is 54.7 Å². The molecule has 0 fully saturated rings. The van der Waals surface area contributed by atoms with Gasteiger partial charge in [-0.2, -0.15) is 26.3 Å². The fourth-order valence-electron chi connectivity index (χ4n) is 3.63. The molecule has 0 radical (unpaired) electrons. The number of nitrogens with zero attached hydrogens (tertiary/aromatic N) is 1. The topological polar surface area (TPSA) is 121 Å². The van der Waals surface area contributed by atoms with Crippen molar-refractivity contribution >= 4 is 40.8 Å². The third-order valence-corrected chi connectivity index (χ3v) is 5.94. The summed E-state index contributed by atoms with van der Waals surface area (Å²) in [6, 6.07) is 14.5. The monoisotopic (exact) mass is 637 g/mol. The van der Waals surface area contributed by atoms with Gasteiger partial charge in [-0.05, 0) is 60.7 Å². The highest BCUT2D eigenvalue weighted by Gasteiger charge is 2.35. The van der Waals surface area contributed by atoms with Gasteiger partial charge in [0, 0.05) is 23.6 Å². The van der Waals surface area contributed by atoms with Gasteiger partial charge in [-0.3, -0.25) is 25.4 Å². The van der Waals surface area contributed by atoms with E-state index in [-0.39, 0.29) is 28.6 Å². The van der Waals surface area contributed by atoms with Crippen LogP contribution in [0.1, 0.15) is 32.0 Å². The molecule has 3 aromatic carbocycles. The summed E-state index contributed by atoms with van der Waals surface area (Å²) in [5, 5.41) is 4.21. The average Bonchev–Trinajstić information content (AvgIpc) is 2.97. The molecule has 4 rings (SSSR count). The number of hydrazine groups is 1. The van der Waals surface area contributed by atoms with Crippen LogP contribution in [0.3, 0.4) is 0 Å². The number of hydrogen-bond acceptors (Lipinski definition) is 5. The van der Waals surface area contributed by atoms with Gasteiger partial charge in [-0.15, -0.1) is 0 Å². The second kappa shape index (κ2) is 12.9. The molecule has 4 N–H and O–H groups in total. The number of rotatable bonds is 6. The number of anilines is 2. The smallest absolute Gasteiger partial charge is 0.417 e. The van der Waals surface area contributed by atoms with Gasteiger partial charge in [-0.1, -0.05) is 23.7 Å². The maximum absolute atomic E-state index is 13.2. The van der Waals surface area contributed by atoms with E-state index in [9.17, 15) is 40.7 Å². The van der Waals surface area contributed by atoms with Gasteiger partial charge in [-0.25, -0.2) is 4.79 Å². The number of alkyl halides is 6. The highest BCUT2D eigenvalue weighted by atomic mass is 35.5. The maximum Gasteiger partial charge on any atom is 0.417 e. The van der Waals surface area contributed by atoms with Crippen LogP contribution in [0.2, 0.25) is 5.02 Å². The number of amides is 4. The molecule has 0 atom stereocenters. The minimum atomic E-state index is -4.78. The number of aromatic nitrogens is 1. The lowest BCUT2D eigenvalue weighted by molar-refractivity contribution is -0.138. The zero-order valence-corrected chi connectivity index (χ0v) is 22.6. The van der Waals surface area contributed by atoms with E-state index in [1.54, 1.807) is 0 Å². The molecule has 0 aliphatic heterocycles. The Balaban J connectivity index is 1.33. The Morgan fingerprint density at radius 3 is 1.98 bits per heavy atom.